The number of aromatic amines is 1. The van der Waals surface area contributed by atoms with Crippen molar-refractivity contribution in [2.45, 2.75) is 18.9 Å². The maximum atomic E-state index is 12.8. The van der Waals surface area contributed by atoms with Gasteiger partial charge in [0.2, 0.25) is 0 Å². The maximum absolute atomic E-state index is 12.8. The van der Waals surface area contributed by atoms with E-state index >= 15 is 0 Å². The van der Waals surface area contributed by atoms with Crippen LogP contribution in [0.4, 0.5) is 0 Å². The highest BCUT2D eigenvalue weighted by Crippen LogP contribution is 2.28. The highest BCUT2D eigenvalue weighted by molar-refractivity contribution is 6.36. The highest BCUT2D eigenvalue weighted by Gasteiger charge is 2.27. The summed E-state index contributed by atoms with van der Waals surface area (Å²) in [5, 5.41) is 9.91. The third-order valence-electron chi connectivity index (χ3n) is 5.24. The van der Waals surface area contributed by atoms with Crippen LogP contribution < -0.4 is 5.69 Å². The van der Waals surface area contributed by atoms with Crippen LogP contribution in [0.2, 0.25) is 10.0 Å². The number of carboxylic acid groups (broad SMARTS) is 1. The van der Waals surface area contributed by atoms with Crippen molar-refractivity contribution in [2.75, 3.05) is 13.1 Å². The molecule has 2 aromatic carbocycles. The molecule has 1 aromatic heterocycles. The van der Waals surface area contributed by atoms with Crippen molar-refractivity contribution in [2.24, 2.45) is 0 Å². The van der Waals surface area contributed by atoms with E-state index in [0.717, 1.165) is 0 Å². The molecule has 0 unspecified atom stereocenters. The number of hydrogen-bond acceptors (Lipinski definition) is 3. The lowest BCUT2D eigenvalue weighted by atomic mass is 10.0. The van der Waals surface area contributed by atoms with E-state index in [4.69, 9.17) is 28.3 Å². The quantitative estimate of drug-likeness (QED) is 0.656. The molecule has 0 atom stereocenters. The summed E-state index contributed by atoms with van der Waals surface area (Å²) in [5.41, 5.74) is 1.38. The smallest absolute Gasteiger partial charge is 0.335 e. The molecule has 0 saturated carbocycles. The standard InChI is InChI=1S/C20H17Cl2N3O4/c21-12-2-3-14(15(22)10-12)18(26)24-7-5-13(6-8-24)25-17-4-1-11(19(27)28)9-16(17)23-20(25)29/h1-4,9-10,13H,5-8H2,(H,23,29)(H,27,28). The number of imidazole rings is 1. The second-order valence-electron chi connectivity index (χ2n) is 6.98. The van der Waals surface area contributed by atoms with Crippen molar-refractivity contribution in [1.29, 1.82) is 0 Å². The number of fused-ring (bicyclic) bond motifs is 1. The van der Waals surface area contributed by atoms with Crippen LogP contribution in [0.15, 0.2) is 41.2 Å². The molecule has 0 aliphatic carbocycles. The lowest BCUT2D eigenvalue weighted by Crippen LogP contribution is -2.40. The fourth-order valence-electron chi connectivity index (χ4n) is 3.79. The van der Waals surface area contributed by atoms with Crippen LogP contribution >= 0.6 is 23.2 Å². The topological polar surface area (TPSA) is 95.4 Å². The van der Waals surface area contributed by atoms with Crippen molar-refractivity contribution < 1.29 is 14.7 Å². The number of rotatable bonds is 3. The summed E-state index contributed by atoms with van der Waals surface area (Å²) >= 11 is 12.0. The van der Waals surface area contributed by atoms with Gasteiger partial charge in [-0.15, -0.1) is 0 Å². The molecule has 1 aliphatic heterocycles. The van der Waals surface area contributed by atoms with Crippen molar-refractivity contribution in [3.8, 4) is 0 Å². The Kier molecular flexibility index (Phi) is 5.10. The van der Waals surface area contributed by atoms with Crippen LogP contribution in [0.3, 0.4) is 0 Å². The van der Waals surface area contributed by atoms with E-state index in [1.54, 1.807) is 33.7 Å². The molecule has 150 valence electrons. The van der Waals surface area contributed by atoms with Crippen LogP contribution in [0.5, 0.6) is 0 Å². The van der Waals surface area contributed by atoms with Gasteiger partial charge in [-0.3, -0.25) is 9.36 Å². The SMILES string of the molecule is O=C(O)c1ccc2c(c1)[nH]c(=O)n2C1CCN(C(=O)c2ccc(Cl)cc2Cl)CC1. The molecule has 1 aliphatic rings. The minimum absolute atomic E-state index is 0.0864. The van der Waals surface area contributed by atoms with Crippen molar-refractivity contribution >= 4 is 46.1 Å². The lowest BCUT2D eigenvalue weighted by Gasteiger charge is -2.32. The Bertz CT molecular complexity index is 1180. The zero-order chi connectivity index (χ0) is 20.7. The minimum atomic E-state index is -1.05. The van der Waals surface area contributed by atoms with Crippen LogP contribution in [-0.2, 0) is 0 Å². The Labute approximate surface area is 175 Å². The van der Waals surface area contributed by atoms with E-state index < -0.39 is 5.97 Å². The lowest BCUT2D eigenvalue weighted by molar-refractivity contribution is 0.0687. The number of aromatic nitrogens is 2. The predicted molar refractivity (Wildman–Crippen MR) is 110 cm³/mol. The van der Waals surface area contributed by atoms with Gasteiger partial charge < -0.3 is 15.0 Å². The number of aromatic carboxylic acids is 1. The maximum Gasteiger partial charge on any atom is 0.335 e. The number of amides is 1. The molecular formula is C20H17Cl2N3O4. The second-order valence-corrected chi connectivity index (χ2v) is 7.83. The minimum Gasteiger partial charge on any atom is -0.478 e. The molecule has 2 N–H and O–H groups in total. The summed E-state index contributed by atoms with van der Waals surface area (Å²) in [5.74, 6) is -1.21. The van der Waals surface area contributed by atoms with E-state index in [2.05, 4.69) is 4.98 Å². The van der Waals surface area contributed by atoms with Gasteiger partial charge in [0.05, 0.1) is 27.2 Å². The summed E-state index contributed by atoms with van der Waals surface area (Å²) in [6, 6.07) is 9.28. The Morgan fingerprint density at radius 3 is 2.45 bits per heavy atom. The van der Waals surface area contributed by atoms with Gasteiger partial charge in [-0.2, -0.15) is 0 Å². The number of halogens is 2. The molecule has 1 fully saturated rings. The molecule has 0 bridgehead atoms. The summed E-state index contributed by atoms with van der Waals surface area (Å²) < 4.78 is 1.65. The Morgan fingerprint density at radius 1 is 1.07 bits per heavy atom. The van der Waals surface area contributed by atoms with Crippen molar-refractivity contribution in [3.63, 3.8) is 0 Å². The fourth-order valence-corrected chi connectivity index (χ4v) is 4.28. The number of carbonyl (C=O) groups excluding carboxylic acids is 1. The van der Waals surface area contributed by atoms with E-state index in [-0.39, 0.29) is 23.2 Å². The van der Waals surface area contributed by atoms with Gasteiger partial charge in [0.25, 0.3) is 5.91 Å². The predicted octanol–water partition coefficient (Wildman–Crippen LogP) is 3.81. The summed E-state index contributed by atoms with van der Waals surface area (Å²) in [6.45, 7) is 0.962. The number of piperidine rings is 1. The van der Waals surface area contributed by atoms with Gasteiger partial charge in [-0.05, 0) is 49.2 Å². The normalized spacial score (nSPS) is 15.0. The molecule has 3 aromatic rings. The fraction of sp³-hybridized carbons (Fsp3) is 0.250. The Balaban J connectivity index is 1.54. The summed E-state index contributed by atoms with van der Waals surface area (Å²) in [4.78, 5) is 40.8. The molecule has 7 nitrogen and oxygen atoms in total. The third kappa shape index (κ3) is 3.63. The number of nitrogens with one attached hydrogen (secondary N) is 1. The number of carbonyl (C=O) groups is 2. The van der Waals surface area contributed by atoms with E-state index in [0.29, 0.717) is 52.6 Å². The third-order valence-corrected chi connectivity index (χ3v) is 5.79. The molecule has 1 amide bonds. The van der Waals surface area contributed by atoms with E-state index in [1.165, 1.54) is 12.1 Å². The number of benzene rings is 2. The number of carboxylic acids is 1. The van der Waals surface area contributed by atoms with Gasteiger partial charge >= 0.3 is 11.7 Å². The number of hydrogen-bond donors (Lipinski definition) is 2. The van der Waals surface area contributed by atoms with Gasteiger partial charge in [0.1, 0.15) is 0 Å². The molecule has 1 saturated heterocycles. The number of H-pyrrole nitrogens is 1. The summed E-state index contributed by atoms with van der Waals surface area (Å²) in [6.07, 6.45) is 1.20. The summed E-state index contributed by atoms with van der Waals surface area (Å²) in [7, 11) is 0. The first-order chi connectivity index (χ1) is 13.8. The average Bonchev–Trinajstić information content (AvgIpc) is 3.02. The van der Waals surface area contributed by atoms with E-state index in [1.807, 2.05) is 0 Å². The molecule has 0 spiro atoms. The van der Waals surface area contributed by atoms with Crippen LogP contribution in [0.1, 0.15) is 39.6 Å². The number of likely N-dealkylation sites (tertiary alicyclic amines) is 1. The zero-order valence-corrected chi connectivity index (χ0v) is 16.7. The van der Waals surface area contributed by atoms with Gasteiger partial charge in [-0.1, -0.05) is 23.2 Å². The second kappa shape index (κ2) is 7.57. The molecule has 29 heavy (non-hydrogen) atoms. The largest absolute Gasteiger partial charge is 0.478 e. The average molecular weight is 434 g/mol. The first-order valence-electron chi connectivity index (χ1n) is 9.07. The number of nitrogens with zero attached hydrogens (tertiary/aromatic N) is 2. The van der Waals surface area contributed by atoms with Crippen LogP contribution in [0, 0.1) is 0 Å². The highest BCUT2D eigenvalue weighted by atomic mass is 35.5. The molecule has 2 heterocycles. The molecule has 9 heteroatoms. The van der Waals surface area contributed by atoms with Gasteiger partial charge in [0, 0.05) is 24.2 Å². The molecule has 0 radical (unpaired) electrons. The van der Waals surface area contributed by atoms with E-state index in [9.17, 15) is 14.4 Å². The Hall–Kier alpha value is -2.77. The van der Waals surface area contributed by atoms with Crippen molar-refractivity contribution in [1.82, 2.24) is 14.5 Å². The monoisotopic (exact) mass is 433 g/mol. The van der Waals surface area contributed by atoms with Gasteiger partial charge in [-0.25, -0.2) is 9.59 Å². The Morgan fingerprint density at radius 2 is 1.79 bits per heavy atom. The van der Waals surface area contributed by atoms with Crippen LogP contribution in [0.25, 0.3) is 11.0 Å². The zero-order valence-electron chi connectivity index (χ0n) is 15.2. The first kappa shape index (κ1) is 19.5. The van der Waals surface area contributed by atoms with Gasteiger partial charge in [0.15, 0.2) is 0 Å². The van der Waals surface area contributed by atoms with Crippen molar-refractivity contribution in [3.05, 3.63) is 68.1 Å². The molecule has 4 rings (SSSR count). The first-order valence-corrected chi connectivity index (χ1v) is 9.82. The van der Waals surface area contributed by atoms with Crippen LogP contribution in [-0.4, -0.2) is 44.5 Å². The molecular weight excluding hydrogens is 417 g/mol.